The first-order valence-electron chi connectivity index (χ1n) is 6.59. The number of hydrogen-bond acceptors (Lipinski definition) is 6. The van der Waals surface area contributed by atoms with E-state index >= 15 is 0 Å². The molecule has 0 spiro atoms. The minimum atomic E-state index is -4.50. The summed E-state index contributed by atoms with van der Waals surface area (Å²) in [5.41, 5.74) is 0.427. The maximum atomic E-state index is 11.9. The fourth-order valence-electron chi connectivity index (χ4n) is 2.40. The second kappa shape index (κ2) is 5.56. The Morgan fingerprint density at radius 3 is 2.91 bits per heavy atom. The molecule has 120 valence electrons. The highest BCUT2D eigenvalue weighted by atomic mass is 31.2. The number of nitrogens with zero attached hydrogens (tertiary/aromatic N) is 4. The van der Waals surface area contributed by atoms with E-state index in [9.17, 15) is 9.36 Å². The lowest BCUT2D eigenvalue weighted by Crippen LogP contribution is -2.19. The highest BCUT2D eigenvalue weighted by molar-refractivity contribution is 7.46. The van der Waals surface area contributed by atoms with Crippen molar-refractivity contribution < 1.29 is 23.6 Å². The van der Waals surface area contributed by atoms with Crippen LogP contribution in [-0.2, 0) is 20.9 Å². The maximum Gasteiger partial charge on any atom is 0.469 e. The van der Waals surface area contributed by atoms with Crippen molar-refractivity contribution in [2.24, 2.45) is 7.05 Å². The summed E-state index contributed by atoms with van der Waals surface area (Å²) >= 11 is 0. The standard InChI is InChI=1S/C11H15N4O6P/c1-14-5-13-10-9(11(14)16)12-6-15(10)8-3-2-7(21-8)4-20-22(17,18)19/h5-8H,2-4H2,1H3,(H2,17,18,19). The van der Waals surface area contributed by atoms with Gasteiger partial charge in [-0.15, -0.1) is 0 Å². The van der Waals surface area contributed by atoms with Gasteiger partial charge in [-0.1, -0.05) is 0 Å². The van der Waals surface area contributed by atoms with E-state index in [1.165, 1.54) is 17.2 Å². The normalized spacial score (nSPS) is 22.5. The van der Waals surface area contributed by atoms with Crippen molar-refractivity contribution in [2.45, 2.75) is 25.2 Å². The van der Waals surface area contributed by atoms with Crippen LogP contribution in [0.1, 0.15) is 19.1 Å². The summed E-state index contributed by atoms with van der Waals surface area (Å²) in [5, 5.41) is 0. The van der Waals surface area contributed by atoms with Crippen LogP contribution in [0.5, 0.6) is 0 Å². The van der Waals surface area contributed by atoms with Crippen molar-refractivity contribution in [3.8, 4) is 0 Å². The van der Waals surface area contributed by atoms with Gasteiger partial charge in [-0.25, -0.2) is 14.5 Å². The average Bonchev–Trinajstić information content (AvgIpc) is 3.06. The minimum absolute atomic E-state index is 0.192. The molecule has 0 bridgehead atoms. The van der Waals surface area contributed by atoms with E-state index in [-0.39, 0.29) is 17.7 Å². The predicted molar refractivity (Wildman–Crippen MR) is 73.9 cm³/mol. The zero-order valence-corrected chi connectivity index (χ0v) is 12.6. The van der Waals surface area contributed by atoms with E-state index in [1.807, 2.05) is 0 Å². The number of phosphoric ester groups is 1. The van der Waals surface area contributed by atoms with Gasteiger partial charge >= 0.3 is 7.82 Å². The molecule has 2 aromatic rings. The van der Waals surface area contributed by atoms with Gasteiger partial charge in [0.2, 0.25) is 0 Å². The molecule has 2 atom stereocenters. The molecule has 3 rings (SSSR count). The van der Waals surface area contributed by atoms with E-state index in [0.29, 0.717) is 18.5 Å². The van der Waals surface area contributed by atoms with Crippen LogP contribution in [0.4, 0.5) is 0 Å². The van der Waals surface area contributed by atoms with Crippen LogP contribution in [0.25, 0.3) is 11.2 Å². The monoisotopic (exact) mass is 330 g/mol. The first kappa shape index (κ1) is 15.3. The molecular formula is C11H15N4O6P. The molecule has 11 heteroatoms. The van der Waals surface area contributed by atoms with Crippen LogP contribution in [0.2, 0.25) is 0 Å². The molecule has 3 heterocycles. The maximum absolute atomic E-state index is 11.9. The van der Waals surface area contributed by atoms with Gasteiger partial charge in [0.1, 0.15) is 6.23 Å². The van der Waals surface area contributed by atoms with E-state index in [1.54, 1.807) is 11.6 Å². The molecule has 0 saturated carbocycles. The summed E-state index contributed by atoms with van der Waals surface area (Å²) in [5.74, 6) is 0. The molecule has 2 aromatic heterocycles. The van der Waals surface area contributed by atoms with Crippen LogP contribution in [0, 0.1) is 0 Å². The average molecular weight is 330 g/mol. The number of hydrogen-bond donors (Lipinski definition) is 2. The first-order valence-corrected chi connectivity index (χ1v) is 8.12. The number of phosphoric acid groups is 1. The molecule has 10 nitrogen and oxygen atoms in total. The summed E-state index contributed by atoms with van der Waals surface area (Å²) in [6, 6.07) is 0. The Balaban J connectivity index is 1.78. The van der Waals surface area contributed by atoms with E-state index < -0.39 is 20.2 Å². The summed E-state index contributed by atoms with van der Waals surface area (Å²) < 4.78 is 23.8. The summed E-state index contributed by atoms with van der Waals surface area (Å²) in [7, 11) is -2.91. The van der Waals surface area contributed by atoms with Gasteiger partial charge in [0.25, 0.3) is 5.56 Å². The second-order valence-electron chi connectivity index (χ2n) is 5.06. The van der Waals surface area contributed by atoms with E-state index in [0.717, 1.165) is 0 Å². The van der Waals surface area contributed by atoms with E-state index in [4.69, 9.17) is 14.5 Å². The van der Waals surface area contributed by atoms with Crippen molar-refractivity contribution in [1.82, 2.24) is 19.1 Å². The zero-order valence-electron chi connectivity index (χ0n) is 11.7. The molecule has 1 saturated heterocycles. The number of ether oxygens (including phenoxy) is 1. The Bertz CT molecular complexity index is 795. The predicted octanol–water partition coefficient (Wildman–Crippen LogP) is -0.0831. The molecular weight excluding hydrogens is 315 g/mol. The SMILES string of the molecule is Cn1cnc2c(ncn2C2CCC(COP(=O)(O)O)O2)c1=O. The minimum Gasteiger partial charge on any atom is -0.352 e. The second-order valence-corrected chi connectivity index (χ2v) is 6.30. The lowest BCUT2D eigenvalue weighted by atomic mass is 10.2. The van der Waals surface area contributed by atoms with Crippen molar-refractivity contribution in [3.63, 3.8) is 0 Å². The number of aromatic nitrogens is 4. The summed E-state index contributed by atoms with van der Waals surface area (Å²) in [4.78, 5) is 37.6. The third-order valence-electron chi connectivity index (χ3n) is 3.47. The van der Waals surface area contributed by atoms with Gasteiger partial charge in [-0.3, -0.25) is 13.9 Å². The fourth-order valence-corrected chi connectivity index (χ4v) is 2.76. The third kappa shape index (κ3) is 2.96. The van der Waals surface area contributed by atoms with Gasteiger partial charge in [-0.2, -0.15) is 0 Å². The highest BCUT2D eigenvalue weighted by Gasteiger charge is 2.30. The van der Waals surface area contributed by atoms with Crippen LogP contribution < -0.4 is 5.56 Å². The Morgan fingerprint density at radius 1 is 1.41 bits per heavy atom. The molecule has 2 N–H and O–H groups in total. The van der Waals surface area contributed by atoms with Crippen molar-refractivity contribution in [2.75, 3.05) is 6.61 Å². The molecule has 0 aliphatic carbocycles. The molecule has 1 aliphatic heterocycles. The fraction of sp³-hybridized carbons (Fsp3) is 0.545. The number of fused-ring (bicyclic) bond motifs is 1. The van der Waals surface area contributed by atoms with Crippen LogP contribution in [0.3, 0.4) is 0 Å². The Hall–Kier alpha value is -1.58. The Morgan fingerprint density at radius 2 is 2.18 bits per heavy atom. The number of rotatable bonds is 4. The lowest BCUT2D eigenvalue weighted by molar-refractivity contribution is -0.0205. The van der Waals surface area contributed by atoms with Crippen molar-refractivity contribution >= 4 is 19.0 Å². The van der Waals surface area contributed by atoms with Crippen molar-refractivity contribution in [1.29, 1.82) is 0 Å². The molecule has 22 heavy (non-hydrogen) atoms. The van der Waals surface area contributed by atoms with Crippen molar-refractivity contribution in [3.05, 3.63) is 23.0 Å². The van der Waals surface area contributed by atoms with Gasteiger partial charge < -0.3 is 19.1 Å². The first-order chi connectivity index (χ1) is 10.3. The molecule has 2 unspecified atom stereocenters. The number of aryl methyl sites for hydroxylation is 1. The zero-order chi connectivity index (χ0) is 15.9. The quantitative estimate of drug-likeness (QED) is 0.745. The molecule has 0 amide bonds. The third-order valence-corrected chi connectivity index (χ3v) is 3.95. The van der Waals surface area contributed by atoms with Crippen LogP contribution in [0.15, 0.2) is 17.4 Å². The van der Waals surface area contributed by atoms with Gasteiger partial charge in [0, 0.05) is 7.05 Å². The van der Waals surface area contributed by atoms with Crippen LogP contribution >= 0.6 is 7.82 Å². The lowest BCUT2D eigenvalue weighted by Gasteiger charge is -2.15. The van der Waals surface area contributed by atoms with Crippen LogP contribution in [-0.4, -0.2) is 41.6 Å². The Labute approximate surface area is 124 Å². The summed E-state index contributed by atoms with van der Waals surface area (Å²) in [6.45, 7) is -0.192. The molecule has 1 fully saturated rings. The largest absolute Gasteiger partial charge is 0.469 e. The van der Waals surface area contributed by atoms with Gasteiger partial charge in [0.15, 0.2) is 11.2 Å². The molecule has 0 radical (unpaired) electrons. The highest BCUT2D eigenvalue weighted by Crippen LogP contribution is 2.38. The Kier molecular flexibility index (Phi) is 3.87. The summed E-state index contributed by atoms with van der Waals surface area (Å²) in [6.07, 6.45) is 3.26. The van der Waals surface area contributed by atoms with Gasteiger partial charge in [0.05, 0.1) is 25.4 Å². The van der Waals surface area contributed by atoms with Gasteiger partial charge in [-0.05, 0) is 12.8 Å². The molecule has 0 aromatic carbocycles. The smallest absolute Gasteiger partial charge is 0.352 e. The topological polar surface area (TPSA) is 129 Å². The molecule has 1 aliphatic rings. The number of imidazole rings is 1. The van der Waals surface area contributed by atoms with E-state index in [2.05, 4.69) is 14.5 Å².